The quantitative estimate of drug-likeness (QED) is 0.855. The Morgan fingerprint density at radius 2 is 1.94 bits per heavy atom. The molecule has 0 spiro atoms. The highest BCUT2D eigenvalue weighted by Crippen LogP contribution is 2.26. The van der Waals surface area contributed by atoms with E-state index >= 15 is 0 Å². The van der Waals surface area contributed by atoms with E-state index in [0.29, 0.717) is 37.6 Å². The molecule has 3 nitrogen and oxygen atoms in total. The van der Waals surface area contributed by atoms with Gasteiger partial charge in [-0.05, 0) is 31.5 Å². The molecular weight excluding hydrogens is 221 g/mol. The Bertz CT molecular complexity index is 395. The number of hydrogen-bond acceptors (Lipinski definition) is 3. The van der Waals surface area contributed by atoms with Crippen LogP contribution in [0.15, 0.2) is 18.2 Å². The predicted molar refractivity (Wildman–Crippen MR) is 64.7 cm³/mol. The highest BCUT2D eigenvalue weighted by atomic mass is 19.1. The van der Waals surface area contributed by atoms with Crippen molar-refractivity contribution in [1.82, 2.24) is 0 Å². The zero-order valence-corrected chi connectivity index (χ0v) is 10.2. The first-order chi connectivity index (χ1) is 7.98. The van der Waals surface area contributed by atoms with Crippen LogP contribution in [0.2, 0.25) is 0 Å². The summed E-state index contributed by atoms with van der Waals surface area (Å²) in [5, 5.41) is 9.81. The first-order valence-corrected chi connectivity index (χ1v) is 5.83. The predicted octanol–water partition coefficient (Wildman–Crippen LogP) is 1.89. The average Bonchev–Trinajstić information content (AvgIpc) is 2.29. The molecule has 0 saturated carbocycles. The van der Waals surface area contributed by atoms with Gasteiger partial charge in [0.25, 0.3) is 0 Å². The third kappa shape index (κ3) is 2.76. The summed E-state index contributed by atoms with van der Waals surface area (Å²) < 4.78 is 19.2. The number of rotatable bonds is 2. The number of halogens is 1. The number of morpholine rings is 1. The third-order valence-electron chi connectivity index (χ3n) is 3.01. The van der Waals surface area contributed by atoms with Crippen molar-refractivity contribution in [2.24, 2.45) is 0 Å². The second kappa shape index (κ2) is 4.63. The molecule has 4 heteroatoms. The van der Waals surface area contributed by atoms with Gasteiger partial charge in [0.2, 0.25) is 0 Å². The van der Waals surface area contributed by atoms with Gasteiger partial charge in [0.15, 0.2) is 0 Å². The monoisotopic (exact) mass is 239 g/mol. The van der Waals surface area contributed by atoms with Gasteiger partial charge in [0.1, 0.15) is 5.82 Å². The van der Waals surface area contributed by atoms with Crippen LogP contribution in [0, 0.1) is 5.82 Å². The fourth-order valence-corrected chi connectivity index (χ4v) is 1.95. The Hall–Kier alpha value is -1.13. The zero-order valence-electron chi connectivity index (χ0n) is 10.2. The van der Waals surface area contributed by atoms with Crippen molar-refractivity contribution in [2.75, 3.05) is 31.2 Å². The van der Waals surface area contributed by atoms with Crippen molar-refractivity contribution in [3.8, 4) is 0 Å². The zero-order chi connectivity index (χ0) is 12.5. The molecule has 1 fully saturated rings. The lowest BCUT2D eigenvalue weighted by Crippen LogP contribution is -2.36. The van der Waals surface area contributed by atoms with Crippen LogP contribution in [-0.4, -0.2) is 31.4 Å². The minimum absolute atomic E-state index is 0.286. The van der Waals surface area contributed by atoms with Crippen LogP contribution >= 0.6 is 0 Å². The number of benzene rings is 1. The number of aliphatic hydroxyl groups is 1. The molecule has 1 aliphatic rings. The molecule has 0 aromatic heterocycles. The number of hydrogen-bond donors (Lipinski definition) is 1. The molecular formula is C13H18FNO2. The van der Waals surface area contributed by atoms with Crippen molar-refractivity contribution >= 4 is 5.69 Å². The van der Waals surface area contributed by atoms with Crippen molar-refractivity contribution in [2.45, 2.75) is 19.4 Å². The van der Waals surface area contributed by atoms with Crippen molar-refractivity contribution < 1.29 is 14.2 Å². The molecule has 1 aromatic carbocycles. The summed E-state index contributed by atoms with van der Waals surface area (Å²) in [7, 11) is 0. The lowest BCUT2D eigenvalue weighted by atomic mass is 9.98. The SMILES string of the molecule is CC(C)(O)c1ccc(N2CCOCC2)c(F)c1. The summed E-state index contributed by atoms with van der Waals surface area (Å²) in [6.45, 7) is 5.98. The first kappa shape index (κ1) is 12.3. The van der Waals surface area contributed by atoms with Gasteiger partial charge in [-0.15, -0.1) is 0 Å². The molecule has 0 atom stereocenters. The van der Waals surface area contributed by atoms with E-state index in [4.69, 9.17) is 4.74 Å². The fourth-order valence-electron chi connectivity index (χ4n) is 1.95. The van der Waals surface area contributed by atoms with Gasteiger partial charge in [0, 0.05) is 13.1 Å². The Balaban J connectivity index is 2.25. The molecule has 0 amide bonds. The summed E-state index contributed by atoms with van der Waals surface area (Å²) in [6.07, 6.45) is 0. The van der Waals surface area contributed by atoms with Gasteiger partial charge in [0.05, 0.1) is 24.5 Å². The lowest BCUT2D eigenvalue weighted by Gasteiger charge is -2.29. The van der Waals surface area contributed by atoms with Gasteiger partial charge in [-0.3, -0.25) is 0 Å². The maximum absolute atomic E-state index is 14.0. The Morgan fingerprint density at radius 3 is 2.47 bits per heavy atom. The summed E-state index contributed by atoms with van der Waals surface area (Å²) in [6, 6.07) is 4.91. The summed E-state index contributed by atoms with van der Waals surface area (Å²) in [4.78, 5) is 1.97. The minimum Gasteiger partial charge on any atom is -0.386 e. The molecule has 1 heterocycles. The molecule has 2 rings (SSSR count). The van der Waals surface area contributed by atoms with Crippen molar-refractivity contribution in [1.29, 1.82) is 0 Å². The fraction of sp³-hybridized carbons (Fsp3) is 0.538. The number of ether oxygens (including phenoxy) is 1. The minimum atomic E-state index is -1.01. The topological polar surface area (TPSA) is 32.7 Å². The average molecular weight is 239 g/mol. The van der Waals surface area contributed by atoms with Gasteiger partial charge >= 0.3 is 0 Å². The van der Waals surface area contributed by atoms with Gasteiger partial charge in [-0.25, -0.2) is 4.39 Å². The number of nitrogens with zero attached hydrogens (tertiary/aromatic N) is 1. The number of anilines is 1. The van der Waals surface area contributed by atoms with E-state index in [1.54, 1.807) is 26.0 Å². The van der Waals surface area contributed by atoms with Crippen molar-refractivity contribution in [3.05, 3.63) is 29.6 Å². The normalized spacial score (nSPS) is 17.3. The smallest absolute Gasteiger partial charge is 0.146 e. The van der Waals surface area contributed by atoms with Crippen LogP contribution in [0.25, 0.3) is 0 Å². The second-order valence-electron chi connectivity index (χ2n) is 4.82. The highest BCUT2D eigenvalue weighted by Gasteiger charge is 2.20. The Labute approximate surface area is 101 Å². The molecule has 17 heavy (non-hydrogen) atoms. The van der Waals surface area contributed by atoms with E-state index in [1.165, 1.54) is 6.07 Å². The first-order valence-electron chi connectivity index (χ1n) is 5.83. The van der Waals surface area contributed by atoms with Gasteiger partial charge in [-0.1, -0.05) is 6.07 Å². The standard InChI is InChI=1S/C13H18FNO2/c1-13(2,16)10-3-4-12(11(14)9-10)15-5-7-17-8-6-15/h3-4,9,16H,5-8H2,1-2H3. The molecule has 0 bridgehead atoms. The van der Waals surface area contributed by atoms with Crippen LogP contribution in [-0.2, 0) is 10.3 Å². The van der Waals surface area contributed by atoms with E-state index in [0.717, 1.165) is 0 Å². The van der Waals surface area contributed by atoms with Gasteiger partial charge in [-0.2, -0.15) is 0 Å². The molecule has 0 radical (unpaired) electrons. The Kier molecular flexibility index (Phi) is 3.35. The largest absolute Gasteiger partial charge is 0.386 e. The van der Waals surface area contributed by atoms with E-state index in [9.17, 15) is 9.50 Å². The second-order valence-corrected chi connectivity index (χ2v) is 4.82. The van der Waals surface area contributed by atoms with E-state index in [1.807, 2.05) is 4.90 Å². The molecule has 1 N–H and O–H groups in total. The van der Waals surface area contributed by atoms with E-state index in [2.05, 4.69) is 0 Å². The molecule has 1 saturated heterocycles. The third-order valence-corrected chi connectivity index (χ3v) is 3.01. The summed E-state index contributed by atoms with van der Waals surface area (Å²) in [5.74, 6) is -0.286. The molecule has 0 unspecified atom stereocenters. The lowest BCUT2D eigenvalue weighted by molar-refractivity contribution is 0.0782. The maximum atomic E-state index is 14.0. The van der Waals surface area contributed by atoms with Gasteiger partial charge < -0.3 is 14.7 Å². The highest BCUT2D eigenvalue weighted by molar-refractivity contribution is 5.50. The molecule has 94 valence electrons. The summed E-state index contributed by atoms with van der Waals surface area (Å²) >= 11 is 0. The van der Waals surface area contributed by atoms with E-state index in [-0.39, 0.29) is 5.82 Å². The van der Waals surface area contributed by atoms with Crippen LogP contribution in [0.4, 0.5) is 10.1 Å². The van der Waals surface area contributed by atoms with Crippen LogP contribution in [0.3, 0.4) is 0 Å². The molecule has 1 aromatic rings. The van der Waals surface area contributed by atoms with Crippen LogP contribution in [0.5, 0.6) is 0 Å². The van der Waals surface area contributed by atoms with Crippen LogP contribution < -0.4 is 4.90 Å². The summed E-state index contributed by atoms with van der Waals surface area (Å²) in [5.41, 5.74) is 0.165. The van der Waals surface area contributed by atoms with Crippen LogP contribution in [0.1, 0.15) is 19.4 Å². The van der Waals surface area contributed by atoms with E-state index < -0.39 is 5.60 Å². The molecule has 1 aliphatic heterocycles. The maximum Gasteiger partial charge on any atom is 0.146 e. The molecule has 0 aliphatic carbocycles. The Morgan fingerprint density at radius 1 is 1.29 bits per heavy atom. The van der Waals surface area contributed by atoms with Crippen molar-refractivity contribution in [3.63, 3.8) is 0 Å².